The van der Waals surface area contributed by atoms with Crippen LogP contribution >= 0.6 is 0 Å². The summed E-state index contributed by atoms with van der Waals surface area (Å²) < 4.78 is 7.72. The maximum atomic E-state index is 12.6. The Hall–Kier alpha value is -4.07. The Bertz CT molecular complexity index is 1390. The minimum Gasteiger partial charge on any atom is -0.394 e. The first kappa shape index (κ1) is 22.4. The Labute approximate surface area is 205 Å². The topological polar surface area (TPSA) is 176 Å². The number of imidazole rings is 1. The molecule has 3 aromatic rings. The second-order valence-electron chi connectivity index (χ2n) is 8.89. The van der Waals surface area contributed by atoms with Crippen LogP contribution in [0.5, 0.6) is 0 Å². The van der Waals surface area contributed by atoms with Gasteiger partial charge in [0.15, 0.2) is 23.8 Å². The zero-order valence-electron chi connectivity index (χ0n) is 19.3. The van der Waals surface area contributed by atoms with Gasteiger partial charge >= 0.3 is 0 Å². The lowest BCUT2D eigenvalue weighted by molar-refractivity contribution is -0.123. The Morgan fingerprint density at radius 1 is 1.25 bits per heavy atom. The van der Waals surface area contributed by atoms with Crippen LogP contribution in [0.2, 0.25) is 0 Å². The molecule has 13 nitrogen and oxygen atoms in total. The highest BCUT2D eigenvalue weighted by Crippen LogP contribution is 2.32. The van der Waals surface area contributed by atoms with Gasteiger partial charge in [-0.1, -0.05) is 30.3 Å². The second kappa shape index (κ2) is 8.55. The highest BCUT2D eigenvalue weighted by atomic mass is 16.5. The zero-order chi connectivity index (χ0) is 25.0. The molecule has 5 atom stereocenters. The van der Waals surface area contributed by atoms with Gasteiger partial charge in [-0.05, 0) is 11.6 Å². The summed E-state index contributed by atoms with van der Waals surface area (Å²) in [5, 5.41) is 25.6. The fourth-order valence-corrected chi connectivity index (χ4v) is 4.77. The van der Waals surface area contributed by atoms with E-state index in [1.807, 2.05) is 48.0 Å². The summed E-state index contributed by atoms with van der Waals surface area (Å²) in [6.45, 7) is -0.342. The molecule has 0 spiro atoms. The van der Waals surface area contributed by atoms with E-state index in [9.17, 15) is 15.0 Å². The molecular weight excluding hydrogens is 466 g/mol. The van der Waals surface area contributed by atoms with Crippen molar-refractivity contribution in [2.24, 2.45) is 22.8 Å². The monoisotopic (exact) mass is 491 g/mol. The van der Waals surface area contributed by atoms with E-state index in [4.69, 9.17) is 10.5 Å². The molecule has 6 rings (SSSR count). The molecule has 5 unspecified atom stereocenters. The largest absolute Gasteiger partial charge is 0.394 e. The number of nitrogens with zero attached hydrogens (tertiary/aromatic N) is 6. The molecule has 3 aliphatic heterocycles. The maximum Gasteiger partial charge on any atom is 0.255 e. The Balaban J connectivity index is 1.35. The maximum absolute atomic E-state index is 12.6. The number of aromatic nitrogens is 3. The Morgan fingerprint density at radius 3 is 2.81 bits per heavy atom. The molecule has 36 heavy (non-hydrogen) atoms. The van der Waals surface area contributed by atoms with E-state index in [-0.39, 0.29) is 24.9 Å². The smallest absolute Gasteiger partial charge is 0.255 e. The average molecular weight is 492 g/mol. The predicted octanol–water partition coefficient (Wildman–Crippen LogP) is -0.674. The van der Waals surface area contributed by atoms with Crippen LogP contribution in [0.3, 0.4) is 0 Å². The van der Waals surface area contributed by atoms with Gasteiger partial charge in [0.1, 0.15) is 12.3 Å². The molecule has 1 aromatic carbocycles. The van der Waals surface area contributed by atoms with Crippen molar-refractivity contribution in [3.8, 4) is 11.1 Å². The normalized spacial score (nSPS) is 27.6. The van der Waals surface area contributed by atoms with Crippen molar-refractivity contribution in [3.05, 3.63) is 42.6 Å². The Morgan fingerprint density at radius 2 is 2.06 bits per heavy atom. The summed E-state index contributed by atoms with van der Waals surface area (Å²) >= 11 is 0. The molecule has 1 fully saturated rings. The summed E-state index contributed by atoms with van der Waals surface area (Å²) in [6.07, 6.45) is -1.14. The molecule has 13 heteroatoms. The first-order chi connectivity index (χ1) is 17.4. The number of carbonyl (C=O) groups excluding carboxylic acids is 1. The number of hydrogen-bond acceptors (Lipinski definition) is 11. The number of carbonyl (C=O) groups is 1. The molecule has 5 heterocycles. The molecule has 186 valence electrons. The Kier molecular flexibility index (Phi) is 5.32. The second-order valence-corrected chi connectivity index (χ2v) is 8.89. The lowest BCUT2D eigenvalue weighted by Crippen LogP contribution is -2.56. The molecule has 3 aliphatic rings. The van der Waals surface area contributed by atoms with Crippen LogP contribution in [-0.4, -0.2) is 84.7 Å². The summed E-state index contributed by atoms with van der Waals surface area (Å²) in [7, 11) is 1.85. The van der Waals surface area contributed by atoms with Gasteiger partial charge in [0, 0.05) is 25.2 Å². The van der Waals surface area contributed by atoms with E-state index in [2.05, 4.69) is 30.6 Å². The third-order valence-electron chi connectivity index (χ3n) is 6.63. The molecule has 1 saturated heterocycles. The fraction of sp³-hybridized carbons (Fsp3) is 0.348. The van der Waals surface area contributed by atoms with Crippen LogP contribution in [0.4, 0.5) is 5.95 Å². The van der Waals surface area contributed by atoms with Crippen molar-refractivity contribution in [2.75, 3.05) is 11.9 Å². The number of pyridine rings is 1. The van der Waals surface area contributed by atoms with Crippen molar-refractivity contribution in [1.29, 1.82) is 0 Å². The van der Waals surface area contributed by atoms with Crippen molar-refractivity contribution >= 4 is 34.9 Å². The van der Waals surface area contributed by atoms with Crippen molar-refractivity contribution < 1.29 is 19.7 Å². The number of aliphatic imine (C=N–C) groups is 2. The molecule has 0 saturated carbocycles. The van der Waals surface area contributed by atoms with Gasteiger partial charge in [-0.2, -0.15) is 4.98 Å². The molecular formula is C23H25N9O4. The standard InChI is InChI=1S/C23H25N9O4/c1-31-13-7-12(11-5-3-2-4-6-11)9-25-18(13)27-22(31)30-23-26-17-19(28-21(24)29-20(17)35)32(23)16-8-14(34)15(10-33)36-16/h2-7,9,14-17,19,33-34H,8,10H2,1H3,(H3,24,28,29,35)(H,25,26,27,30). The minimum absolute atomic E-state index is 0.0275. The van der Waals surface area contributed by atoms with Gasteiger partial charge in [-0.3, -0.25) is 20.3 Å². The molecule has 6 N–H and O–H groups in total. The van der Waals surface area contributed by atoms with Crippen LogP contribution in [-0.2, 0) is 16.6 Å². The van der Waals surface area contributed by atoms with Crippen LogP contribution < -0.4 is 16.4 Å². The zero-order valence-corrected chi connectivity index (χ0v) is 19.3. The summed E-state index contributed by atoms with van der Waals surface area (Å²) in [4.78, 5) is 32.3. The highest BCUT2D eigenvalue weighted by molar-refractivity contribution is 6.06. The summed E-state index contributed by atoms with van der Waals surface area (Å²) in [5.74, 6) is 0.307. The highest BCUT2D eigenvalue weighted by Gasteiger charge is 2.50. The van der Waals surface area contributed by atoms with Crippen molar-refractivity contribution in [1.82, 2.24) is 24.8 Å². The van der Waals surface area contributed by atoms with Gasteiger partial charge in [0.2, 0.25) is 11.9 Å². The number of fused-ring (bicyclic) bond motifs is 2. The third kappa shape index (κ3) is 3.64. The fourth-order valence-electron chi connectivity index (χ4n) is 4.77. The quantitative estimate of drug-likeness (QED) is 0.317. The average Bonchev–Trinajstić information content (AvgIpc) is 3.52. The molecule has 0 bridgehead atoms. The molecule has 1 amide bonds. The van der Waals surface area contributed by atoms with Crippen LogP contribution in [0, 0.1) is 0 Å². The summed E-state index contributed by atoms with van der Waals surface area (Å²) in [6, 6.07) is 11.1. The van der Waals surface area contributed by atoms with E-state index >= 15 is 0 Å². The van der Waals surface area contributed by atoms with Crippen LogP contribution in [0.15, 0.2) is 52.6 Å². The minimum atomic E-state index is -0.879. The molecule has 0 aliphatic carbocycles. The molecule has 2 aromatic heterocycles. The lowest BCUT2D eigenvalue weighted by atomic mass is 10.1. The number of aliphatic hydroxyl groups is 2. The van der Waals surface area contributed by atoms with Gasteiger partial charge in [0.25, 0.3) is 5.91 Å². The third-order valence-corrected chi connectivity index (χ3v) is 6.63. The van der Waals surface area contributed by atoms with Crippen LogP contribution in [0.25, 0.3) is 22.3 Å². The lowest BCUT2D eigenvalue weighted by Gasteiger charge is -2.33. The predicted molar refractivity (Wildman–Crippen MR) is 131 cm³/mol. The number of anilines is 1. The number of aliphatic hydroxyl groups excluding tert-OH is 2. The van der Waals surface area contributed by atoms with E-state index < -0.39 is 36.6 Å². The van der Waals surface area contributed by atoms with E-state index in [1.54, 1.807) is 11.1 Å². The van der Waals surface area contributed by atoms with E-state index in [0.717, 1.165) is 16.6 Å². The number of ether oxygens (including phenoxy) is 1. The van der Waals surface area contributed by atoms with Crippen LogP contribution in [0.1, 0.15) is 6.42 Å². The number of aryl methyl sites for hydroxylation is 1. The van der Waals surface area contributed by atoms with Gasteiger partial charge in [-0.25, -0.2) is 15.0 Å². The first-order valence-electron chi connectivity index (χ1n) is 11.5. The van der Waals surface area contributed by atoms with Gasteiger partial charge < -0.3 is 25.3 Å². The first-order valence-corrected chi connectivity index (χ1v) is 11.5. The SMILES string of the molecule is Cn1c(NC2=NC3C(=O)NC(N)=NC3N2C2CC(O)C(CO)O2)nc2ncc(-c3ccccc3)cc21. The van der Waals surface area contributed by atoms with E-state index in [0.29, 0.717) is 11.6 Å². The number of benzene rings is 1. The molecule has 0 radical (unpaired) electrons. The van der Waals surface area contributed by atoms with Crippen molar-refractivity contribution in [3.63, 3.8) is 0 Å². The number of nitrogens with two attached hydrogens (primary N) is 1. The van der Waals surface area contributed by atoms with Crippen molar-refractivity contribution in [2.45, 2.75) is 37.1 Å². The van der Waals surface area contributed by atoms with Gasteiger partial charge in [-0.15, -0.1) is 0 Å². The van der Waals surface area contributed by atoms with Gasteiger partial charge in [0.05, 0.1) is 18.2 Å². The number of hydrogen-bond donors (Lipinski definition) is 5. The number of rotatable bonds is 4. The summed E-state index contributed by atoms with van der Waals surface area (Å²) in [5.41, 5.74) is 9.15. The number of amides is 1. The number of guanidine groups is 2. The van der Waals surface area contributed by atoms with E-state index in [1.165, 1.54) is 0 Å². The number of nitrogens with one attached hydrogen (secondary N) is 2.